The average molecular weight is 386 g/mol. The number of carbonyl (C=O) groups is 2. The van der Waals surface area contributed by atoms with E-state index in [0.29, 0.717) is 5.69 Å². The summed E-state index contributed by atoms with van der Waals surface area (Å²) in [6, 6.07) is 25.7. The Hall–Kier alpha value is -3.20. The standard InChI is InChI=1S/C26H27NO2/c1-26(2,3)22-14-7-8-15-23(22)27-25(29)24(28)18-21-13-9-12-20(17-21)16-19-10-5-4-6-11-19/h4-15,17H,16,18H2,1-3H3,(H,27,29). The van der Waals surface area contributed by atoms with Gasteiger partial charge in [-0.05, 0) is 40.2 Å². The predicted octanol–water partition coefficient (Wildman–Crippen LogP) is 5.33. The second-order valence-electron chi connectivity index (χ2n) is 8.33. The van der Waals surface area contributed by atoms with Gasteiger partial charge in [-0.25, -0.2) is 0 Å². The SMILES string of the molecule is CC(C)(C)c1ccccc1NC(=O)C(=O)Cc1cccc(Cc2ccccc2)c1. The molecule has 3 rings (SSSR count). The van der Waals surface area contributed by atoms with Crippen LogP contribution in [0.4, 0.5) is 5.69 Å². The molecule has 0 aromatic heterocycles. The molecule has 0 aliphatic heterocycles. The summed E-state index contributed by atoms with van der Waals surface area (Å²) in [5, 5.41) is 2.80. The number of benzene rings is 3. The van der Waals surface area contributed by atoms with Gasteiger partial charge in [0.1, 0.15) is 0 Å². The third kappa shape index (κ3) is 5.64. The number of hydrogen-bond acceptors (Lipinski definition) is 2. The molecule has 148 valence electrons. The lowest BCUT2D eigenvalue weighted by molar-refractivity contribution is -0.134. The Morgan fingerprint density at radius 1 is 0.759 bits per heavy atom. The van der Waals surface area contributed by atoms with E-state index in [2.05, 4.69) is 38.2 Å². The molecule has 0 radical (unpaired) electrons. The zero-order valence-corrected chi connectivity index (χ0v) is 17.2. The molecule has 0 spiro atoms. The van der Waals surface area contributed by atoms with Crippen molar-refractivity contribution in [2.24, 2.45) is 0 Å². The van der Waals surface area contributed by atoms with Gasteiger partial charge in [0.05, 0.1) is 0 Å². The Morgan fingerprint density at radius 3 is 2.10 bits per heavy atom. The Kier molecular flexibility index (Phi) is 6.28. The van der Waals surface area contributed by atoms with E-state index in [0.717, 1.165) is 23.1 Å². The number of para-hydroxylation sites is 1. The number of carbonyl (C=O) groups excluding carboxylic acids is 2. The van der Waals surface area contributed by atoms with Crippen LogP contribution >= 0.6 is 0 Å². The van der Waals surface area contributed by atoms with E-state index in [1.807, 2.05) is 66.7 Å². The lowest BCUT2D eigenvalue weighted by atomic mass is 9.86. The maximum atomic E-state index is 12.5. The van der Waals surface area contributed by atoms with Gasteiger partial charge in [0.15, 0.2) is 0 Å². The van der Waals surface area contributed by atoms with Gasteiger partial charge in [0.2, 0.25) is 5.78 Å². The molecule has 0 fully saturated rings. The fraction of sp³-hybridized carbons (Fsp3) is 0.231. The fourth-order valence-corrected chi connectivity index (χ4v) is 3.38. The third-order valence-corrected chi connectivity index (χ3v) is 4.84. The summed E-state index contributed by atoms with van der Waals surface area (Å²) in [5.41, 5.74) is 4.76. The number of anilines is 1. The molecule has 3 heteroatoms. The summed E-state index contributed by atoms with van der Waals surface area (Å²) in [7, 11) is 0. The molecule has 0 unspecified atom stereocenters. The van der Waals surface area contributed by atoms with E-state index in [9.17, 15) is 9.59 Å². The summed E-state index contributed by atoms with van der Waals surface area (Å²) < 4.78 is 0. The Morgan fingerprint density at radius 2 is 1.38 bits per heavy atom. The zero-order chi connectivity index (χ0) is 20.9. The van der Waals surface area contributed by atoms with Gasteiger partial charge in [-0.1, -0.05) is 93.6 Å². The van der Waals surface area contributed by atoms with E-state index in [4.69, 9.17) is 0 Å². The van der Waals surface area contributed by atoms with Crippen LogP contribution in [0.5, 0.6) is 0 Å². The van der Waals surface area contributed by atoms with Gasteiger partial charge >= 0.3 is 0 Å². The number of ketones is 1. The van der Waals surface area contributed by atoms with Crippen LogP contribution < -0.4 is 5.32 Å². The van der Waals surface area contributed by atoms with Crippen molar-refractivity contribution in [1.82, 2.24) is 0 Å². The second-order valence-corrected chi connectivity index (χ2v) is 8.33. The molecule has 0 aliphatic carbocycles. The minimum atomic E-state index is -0.574. The molecular formula is C26H27NO2. The summed E-state index contributed by atoms with van der Waals surface area (Å²) in [5.74, 6) is -1.01. The highest BCUT2D eigenvalue weighted by atomic mass is 16.2. The van der Waals surface area contributed by atoms with Crippen LogP contribution in [0.2, 0.25) is 0 Å². The van der Waals surface area contributed by atoms with Crippen molar-refractivity contribution in [3.63, 3.8) is 0 Å². The van der Waals surface area contributed by atoms with Gasteiger partial charge in [-0.3, -0.25) is 9.59 Å². The number of hydrogen-bond donors (Lipinski definition) is 1. The van der Waals surface area contributed by atoms with Crippen molar-refractivity contribution in [2.75, 3.05) is 5.32 Å². The minimum Gasteiger partial charge on any atom is -0.319 e. The van der Waals surface area contributed by atoms with E-state index in [1.54, 1.807) is 0 Å². The molecule has 3 aromatic carbocycles. The third-order valence-electron chi connectivity index (χ3n) is 4.84. The zero-order valence-electron chi connectivity index (χ0n) is 17.2. The van der Waals surface area contributed by atoms with E-state index >= 15 is 0 Å². The summed E-state index contributed by atoms with van der Waals surface area (Å²) >= 11 is 0. The van der Waals surface area contributed by atoms with Gasteiger partial charge in [0.25, 0.3) is 5.91 Å². The lowest BCUT2D eigenvalue weighted by Crippen LogP contribution is -2.26. The molecule has 0 aliphatic rings. The maximum Gasteiger partial charge on any atom is 0.292 e. The van der Waals surface area contributed by atoms with Gasteiger partial charge in [-0.15, -0.1) is 0 Å². The molecule has 0 bridgehead atoms. The average Bonchev–Trinajstić information content (AvgIpc) is 2.68. The van der Waals surface area contributed by atoms with Gasteiger partial charge < -0.3 is 5.32 Å². The summed E-state index contributed by atoms with van der Waals surface area (Å²) in [4.78, 5) is 25.0. The number of Topliss-reactive ketones (excluding diaryl/α,β-unsaturated/α-hetero) is 1. The van der Waals surface area contributed by atoms with Crippen molar-refractivity contribution in [2.45, 2.75) is 39.0 Å². The van der Waals surface area contributed by atoms with Crippen LogP contribution in [0.25, 0.3) is 0 Å². The van der Waals surface area contributed by atoms with E-state index in [1.165, 1.54) is 5.56 Å². The Labute approximate surface area is 172 Å². The maximum absolute atomic E-state index is 12.5. The largest absolute Gasteiger partial charge is 0.319 e. The van der Waals surface area contributed by atoms with Gasteiger partial charge in [0, 0.05) is 12.1 Å². The Bertz CT molecular complexity index is 1000. The molecule has 29 heavy (non-hydrogen) atoms. The van der Waals surface area contributed by atoms with Crippen LogP contribution in [0.15, 0.2) is 78.9 Å². The molecule has 3 aromatic rings. The molecule has 0 saturated carbocycles. The Balaban J connectivity index is 1.68. The first-order valence-corrected chi connectivity index (χ1v) is 9.88. The number of nitrogens with one attached hydrogen (secondary N) is 1. The van der Waals surface area contributed by atoms with Crippen LogP contribution in [0.3, 0.4) is 0 Å². The lowest BCUT2D eigenvalue weighted by Gasteiger charge is -2.22. The van der Waals surface area contributed by atoms with Gasteiger partial charge in [-0.2, -0.15) is 0 Å². The first kappa shape index (κ1) is 20.5. The second kappa shape index (κ2) is 8.87. The predicted molar refractivity (Wildman–Crippen MR) is 118 cm³/mol. The normalized spacial score (nSPS) is 11.1. The van der Waals surface area contributed by atoms with E-state index in [-0.39, 0.29) is 11.8 Å². The van der Waals surface area contributed by atoms with Crippen molar-refractivity contribution >= 4 is 17.4 Å². The van der Waals surface area contributed by atoms with Crippen LogP contribution in [0, 0.1) is 0 Å². The molecule has 0 heterocycles. The van der Waals surface area contributed by atoms with Crippen LogP contribution in [-0.4, -0.2) is 11.7 Å². The highest BCUT2D eigenvalue weighted by Crippen LogP contribution is 2.29. The summed E-state index contributed by atoms with van der Waals surface area (Å²) in [6.45, 7) is 6.24. The smallest absolute Gasteiger partial charge is 0.292 e. The van der Waals surface area contributed by atoms with Crippen molar-refractivity contribution in [1.29, 1.82) is 0 Å². The highest BCUT2D eigenvalue weighted by molar-refractivity contribution is 6.41. The summed E-state index contributed by atoms with van der Waals surface area (Å²) in [6.07, 6.45) is 0.889. The fourth-order valence-electron chi connectivity index (χ4n) is 3.38. The van der Waals surface area contributed by atoms with Crippen LogP contribution in [0.1, 0.15) is 43.0 Å². The van der Waals surface area contributed by atoms with Crippen molar-refractivity contribution in [3.05, 3.63) is 101 Å². The molecule has 1 amide bonds. The minimum absolute atomic E-state index is 0.0894. The molecule has 1 N–H and O–H groups in total. The first-order valence-electron chi connectivity index (χ1n) is 9.88. The number of rotatable bonds is 6. The quantitative estimate of drug-likeness (QED) is 0.583. The van der Waals surface area contributed by atoms with Crippen molar-refractivity contribution in [3.8, 4) is 0 Å². The topological polar surface area (TPSA) is 46.2 Å². The monoisotopic (exact) mass is 385 g/mol. The molecule has 0 atom stereocenters. The molecular weight excluding hydrogens is 358 g/mol. The van der Waals surface area contributed by atoms with Crippen molar-refractivity contribution < 1.29 is 9.59 Å². The highest BCUT2D eigenvalue weighted by Gasteiger charge is 2.21. The first-order chi connectivity index (χ1) is 13.8. The molecule has 3 nitrogen and oxygen atoms in total. The van der Waals surface area contributed by atoms with E-state index < -0.39 is 11.7 Å². The number of amides is 1. The molecule has 0 saturated heterocycles. The van der Waals surface area contributed by atoms with Crippen LogP contribution in [-0.2, 0) is 27.8 Å².